The second-order valence-corrected chi connectivity index (χ2v) is 7.11. The van der Waals surface area contributed by atoms with Crippen LogP contribution < -0.4 is 5.56 Å². The highest BCUT2D eigenvalue weighted by Crippen LogP contribution is 2.28. The number of esters is 1. The highest BCUT2D eigenvalue weighted by molar-refractivity contribution is 7.20. The van der Waals surface area contributed by atoms with Crippen molar-refractivity contribution in [3.8, 4) is 0 Å². The van der Waals surface area contributed by atoms with Gasteiger partial charge < -0.3 is 9.72 Å². The summed E-state index contributed by atoms with van der Waals surface area (Å²) < 4.78 is 5.01. The number of aromatic amines is 1. The standard InChI is InChI=1S/C18H14ClN3O5S/c1-3-27-18(24)15-9(2)14-16(23)20-13(21-17(14)28-15)7-4-10-8-11(22(25)26)5-6-12(10)19/h4-8H,3H2,1-2H3,(H,20,21,23)/b7-4+. The highest BCUT2D eigenvalue weighted by Gasteiger charge is 2.19. The molecule has 1 aromatic carbocycles. The zero-order chi connectivity index (χ0) is 20.4. The lowest BCUT2D eigenvalue weighted by atomic mass is 10.2. The summed E-state index contributed by atoms with van der Waals surface area (Å²) in [7, 11) is 0. The molecule has 0 atom stereocenters. The van der Waals surface area contributed by atoms with Crippen LogP contribution in [0.3, 0.4) is 0 Å². The summed E-state index contributed by atoms with van der Waals surface area (Å²) in [5.74, 6) is -0.264. The van der Waals surface area contributed by atoms with Crippen molar-refractivity contribution in [2.24, 2.45) is 0 Å². The lowest BCUT2D eigenvalue weighted by molar-refractivity contribution is -0.384. The lowest BCUT2D eigenvalue weighted by Crippen LogP contribution is -2.10. The van der Waals surface area contributed by atoms with Gasteiger partial charge in [-0.1, -0.05) is 11.6 Å². The van der Waals surface area contributed by atoms with Gasteiger partial charge in [0.2, 0.25) is 0 Å². The Labute approximate surface area is 167 Å². The van der Waals surface area contributed by atoms with Gasteiger partial charge in [0.1, 0.15) is 15.5 Å². The number of nitro groups is 1. The van der Waals surface area contributed by atoms with Gasteiger partial charge in [-0.25, -0.2) is 9.78 Å². The van der Waals surface area contributed by atoms with Crippen LogP contribution in [0.1, 0.15) is 33.5 Å². The number of ether oxygens (including phenoxy) is 1. The molecule has 0 amide bonds. The van der Waals surface area contributed by atoms with Crippen LogP contribution in [0, 0.1) is 17.0 Å². The molecule has 0 spiro atoms. The van der Waals surface area contributed by atoms with Crippen molar-refractivity contribution in [1.29, 1.82) is 0 Å². The number of aromatic nitrogens is 2. The Hall–Kier alpha value is -3.04. The van der Waals surface area contributed by atoms with Gasteiger partial charge in [-0.3, -0.25) is 14.9 Å². The van der Waals surface area contributed by atoms with Crippen LogP contribution in [0.25, 0.3) is 22.4 Å². The lowest BCUT2D eigenvalue weighted by Gasteiger charge is -1.99. The molecule has 10 heteroatoms. The van der Waals surface area contributed by atoms with E-state index in [1.165, 1.54) is 30.4 Å². The van der Waals surface area contributed by atoms with Crippen LogP contribution >= 0.6 is 22.9 Å². The molecule has 0 saturated heterocycles. The van der Waals surface area contributed by atoms with Crippen LogP contribution in [0.4, 0.5) is 5.69 Å². The number of H-pyrrole nitrogens is 1. The zero-order valence-electron chi connectivity index (χ0n) is 14.8. The fourth-order valence-corrected chi connectivity index (χ4v) is 3.84. The predicted molar refractivity (Wildman–Crippen MR) is 108 cm³/mol. The average Bonchev–Trinajstić information content (AvgIpc) is 2.98. The van der Waals surface area contributed by atoms with E-state index < -0.39 is 10.9 Å². The minimum absolute atomic E-state index is 0.103. The summed E-state index contributed by atoms with van der Waals surface area (Å²) in [4.78, 5) is 42.6. The molecule has 0 unspecified atom stereocenters. The maximum Gasteiger partial charge on any atom is 0.348 e. The predicted octanol–water partition coefficient (Wildman–Crippen LogP) is 4.20. The molecule has 0 bridgehead atoms. The minimum Gasteiger partial charge on any atom is -0.462 e. The number of nitrogens with zero attached hydrogens (tertiary/aromatic N) is 2. The summed E-state index contributed by atoms with van der Waals surface area (Å²) in [5.41, 5.74) is 0.436. The molecule has 144 valence electrons. The van der Waals surface area contributed by atoms with Crippen molar-refractivity contribution in [1.82, 2.24) is 9.97 Å². The van der Waals surface area contributed by atoms with Crippen LogP contribution in [0.15, 0.2) is 23.0 Å². The van der Waals surface area contributed by atoms with Gasteiger partial charge in [0.25, 0.3) is 11.2 Å². The van der Waals surface area contributed by atoms with Crippen LogP contribution in [0.2, 0.25) is 5.02 Å². The second-order valence-electron chi connectivity index (χ2n) is 5.70. The van der Waals surface area contributed by atoms with Gasteiger partial charge in [0.15, 0.2) is 0 Å². The average molecular weight is 420 g/mol. The first-order valence-electron chi connectivity index (χ1n) is 8.14. The summed E-state index contributed by atoms with van der Waals surface area (Å²) in [6, 6.07) is 4.05. The first-order valence-corrected chi connectivity index (χ1v) is 9.33. The Balaban J connectivity index is 2.02. The minimum atomic E-state index is -0.523. The van der Waals surface area contributed by atoms with Crippen molar-refractivity contribution in [2.45, 2.75) is 13.8 Å². The third-order valence-corrected chi connectivity index (χ3v) is 5.40. The Morgan fingerprint density at radius 3 is 2.86 bits per heavy atom. The van der Waals surface area contributed by atoms with E-state index in [0.29, 0.717) is 31.2 Å². The van der Waals surface area contributed by atoms with Crippen molar-refractivity contribution in [2.75, 3.05) is 6.61 Å². The Morgan fingerprint density at radius 2 is 2.18 bits per heavy atom. The summed E-state index contributed by atoms with van der Waals surface area (Å²) in [5, 5.41) is 11.6. The topological polar surface area (TPSA) is 115 Å². The fourth-order valence-electron chi connectivity index (χ4n) is 2.57. The Morgan fingerprint density at radius 1 is 1.43 bits per heavy atom. The molecule has 3 rings (SSSR count). The van der Waals surface area contributed by atoms with Crippen molar-refractivity contribution < 1.29 is 14.5 Å². The van der Waals surface area contributed by atoms with E-state index in [-0.39, 0.29) is 23.7 Å². The quantitative estimate of drug-likeness (QED) is 0.376. The smallest absolute Gasteiger partial charge is 0.348 e. The first-order chi connectivity index (χ1) is 13.3. The number of fused-ring (bicyclic) bond motifs is 1. The first kappa shape index (κ1) is 19.7. The summed E-state index contributed by atoms with van der Waals surface area (Å²) in [6.07, 6.45) is 3.01. The Kier molecular flexibility index (Phi) is 5.57. The fraction of sp³-hybridized carbons (Fsp3) is 0.167. The summed E-state index contributed by atoms with van der Waals surface area (Å²) >= 11 is 7.14. The number of halogens is 1. The molecule has 0 radical (unpaired) electrons. The maximum atomic E-state index is 12.4. The van der Waals surface area contributed by atoms with Gasteiger partial charge >= 0.3 is 5.97 Å². The molecular formula is C18H14ClN3O5S. The summed E-state index contributed by atoms with van der Waals surface area (Å²) in [6.45, 7) is 3.60. The number of carbonyl (C=O) groups is 1. The van der Waals surface area contributed by atoms with Gasteiger partial charge in [0.05, 0.1) is 16.9 Å². The van der Waals surface area contributed by atoms with Gasteiger partial charge in [-0.15, -0.1) is 11.3 Å². The van der Waals surface area contributed by atoms with E-state index in [0.717, 1.165) is 11.3 Å². The van der Waals surface area contributed by atoms with E-state index in [1.54, 1.807) is 13.8 Å². The third-order valence-electron chi connectivity index (χ3n) is 3.89. The monoisotopic (exact) mass is 419 g/mol. The number of nitro benzene ring substituents is 1. The van der Waals surface area contributed by atoms with Crippen LogP contribution in [-0.4, -0.2) is 27.5 Å². The van der Waals surface area contributed by atoms with Crippen LogP contribution in [-0.2, 0) is 4.74 Å². The molecule has 28 heavy (non-hydrogen) atoms. The largest absolute Gasteiger partial charge is 0.462 e. The van der Waals surface area contributed by atoms with Crippen molar-refractivity contribution in [3.63, 3.8) is 0 Å². The number of aryl methyl sites for hydroxylation is 1. The van der Waals surface area contributed by atoms with Crippen molar-refractivity contribution >= 4 is 57.0 Å². The molecule has 0 aliphatic rings. The molecule has 0 aliphatic heterocycles. The number of hydrogen-bond acceptors (Lipinski definition) is 7. The SMILES string of the molecule is CCOC(=O)c1sc2nc(/C=C/c3cc([N+](=O)[O-])ccc3Cl)[nH]c(=O)c2c1C. The Bertz CT molecular complexity index is 1180. The van der Waals surface area contributed by atoms with E-state index in [9.17, 15) is 19.7 Å². The number of thiophene rings is 1. The molecule has 0 saturated carbocycles. The number of carbonyl (C=O) groups excluding carboxylic acids is 1. The molecule has 3 aromatic rings. The van der Waals surface area contributed by atoms with Crippen molar-refractivity contribution in [3.05, 3.63) is 65.5 Å². The zero-order valence-corrected chi connectivity index (χ0v) is 16.4. The van der Waals surface area contributed by atoms with Crippen LogP contribution in [0.5, 0.6) is 0 Å². The van der Waals surface area contributed by atoms with Gasteiger partial charge in [-0.05, 0) is 43.2 Å². The molecule has 2 heterocycles. The number of rotatable bonds is 5. The number of hydrogen-bond donors (Lipinski definition) is 1. The number of non-ortho nitro benzene ring substituents is 1. The van der Waals surface area contributed by atoms with Gasteiger partial charge in [-0.2, -0.15) is 0 Å². The van der Waals surface area contributed by atoms with E-state index >= 15 is 0 Å². The molecular weight excluding hydrogens is 406 g/mol. The maximum absolute atomic E-state index is 12.4. The van der Waals surface area contributed by atoms with Gasteiger partial charge in [0, 0.05) is 17.2 Å². The molecule has 0 fully saturated rings. The second kappa shape index (κ2) is 7.91. The van der Waals surface area contributed by atoms with E-state index in [1.807, 2.05) is 0 Å². The number of benzene rings is 1. The highest BCUT2D eigenvalue weighted by atomic mass is 35.5. The van der Waals surface area contributed by atoms with E-state index in [2.05, 4.69) is 9.97 Å². The molecule has 1 N–H and O–H groups in total. The normalized spacial score (nSPS) is 11.2. The number of nitrogens with one attached hydrogen (secondary N) is 1. The molecule has 8 nitrogen and oxygen atoms in total. The third kappa shape index (κ3) is 3.80. The van der Waals surface area contributed by atoms with E-state index in [4.69, 9.17) is 16.3 Å². The molecule has 2 aromatic heterocycles. The molecule has 0 aliphatic carbocycles.